The first-order valence-electron chi connectivity index (χ1n) is 6.77. The molecule has 1 aliphatic rings. The zero-order chi connectivity index (χ0) is 15.0. The molecule has 1 saturated heterocycles. The van der Waals surface area contributed by atoms with Gasteiger partial charge in [0.1, 0.15) is 0 Å². The van der Waals surface area contributed by atoms with Crippen molar-refractivity contribution < 1.29 is 13.2 Å². The molecule has 0 radical (unpaired) electrons. The minimum absolute atomic E-state index is 0.0363. The summed E-state index contributed by atoms with van der Waals surface area (Å²) in [5, 5.41) is 0. The predicted octanol–water partition coefficient (Wildman–Crippen LogP) is 1.61. The van der Waals surface area contributed by atoms with Gasteiger partial charge in [-0.25, -0.2) is 8.42 Å². The smallest absolute Gasteiger partial charge is 0.232 e. The second kappa shape index (κ2) is 5.20. The second-order valence-electron chi connectivity index (χ2n) is 5.96. The van der Waals surface area contributed by atoms with Gasteiger partial charge in [0, 0.05) is 13.1 Å². The first kappa shape index (κ1) is 15.0. The lowest BCUT2D eigenvalue weighted by atomic mass is 9.83. The number of amides is 1. The summed E-state index contributed by atoms with van der Waals surface area (Å²) in [5.41, 5.74) is 0.292. The average Bonchev–Trinajstić information content (AvgIpc) is 2.78. The van der Waals surface area contributed by atoms with Crippen LogP contribution in [0.2, 0.25) is 0 Å². The molecule has 1 atom stereocenters. The Morgan fingerprint density at radius 1 is 1.25 bits per heavy atom. The second-order valence-corrected chi connectivity index (χ2v) is 8.19. The predicted molar refractivity (Wildman–Crippen MR) is 79.3 cm³/mol. The fraction of sp³-hybridized carbons (Fsp3) is 0.533. The minimum atomic E-state index is -2.98. The Labute approximate surface area is 120 Å². The minimum Gasteiger partial charge on any atom is -0.341 e. The third-order valence-electron chi connectivity index (χ3n) is 4.11. The number of sulfone groups is 1. The molecule has 2 rings (SSSR count). The molecule has 0 aliphatic carbocycles. The summed E-state index contributed by atoms with van der Waals surface area (Å²) in [4.78, 5) is 14.3. The van der Waals surface area contributed by atoms with Crippen LogP contribution in [0.5, 0.6) is 0 Å². The lowest BCUT2D eigenvalue weighted by Gasteiger charge is -2.33. The molecular formula is C15H21NO3S. The monoisotopic (exact) mass is 295 g/mol. The van der Waals surface area contributed by atoms with E-state index >= 15 is 0 Å². The van der Waals surface area contributed by atoms with Crippen LogP contribution in [0.15, 0.2) is 30.3 Å². The molecule has 1 heterocycles. The maximum atomic E-state index is 12.7. The molecule has 1 amide bonds. The SMILES string of the molecule is CN(C(=O)C(C)(C)c1ccccc1)[C@H]1CCS(=O)(=O)C1. The fourth-order valence-electron chi connectivity index (χ4n) is 2.67. The van der Waals surface area contributed by atoms with Gasteiger partial charge in [-0.3, -0.25) is 4.79 Å². The Balaban J connectivity index is 2.19. The van der Waals surface area contributed by atoms with Gasteiger partial charge in [-0.2, -0.15) is 0 Å². The van der Waals surface area contributed by atoms with Crippen molar-refractivity contribution in [2.24, 2.45) is 0 Å². The van der Waals surface area contributed by atoms with Crippen molar-refractivity contribution >= 4 is 15.7 Å². The quantitative estimate of drug-likeness (QED) is 0.851. The summed E-state index contributed by atoms with van der Waals surface area (Å²) in [7, 11) is -1.27. The standard InChI is InChI=1S/C15H21NO3S/c1-15(2,12-7-5-4-6-8-12)14(17)16(3)13-9-10-20(18,19)11-13/h4-8,13H,9-11H2,1-3H3/t13-/m0/s1. The van der Waals surface area contributed by atoms with Crippen LogP contribution in [0.3, 0.4) is 0 Å². The molecule has 1 aromatic rings. The van der Waals surface area contributed by atoms with Crippen molar-refractivity contribution in [2.45, 2.75) is 31.7 Å². The third kappa shape index (κ3) is 2.87. The van der Waals surface area contributed by atoms with E-state index in [0.29, 0.717) is 6.42 Å². The summed E-state index contributed by atoms with van der Waals surface area (Å²) < 4.78 is 23.1. The van der Waals surface area contributed by atoms with Crippen molar-refractivity contribution in [1.82, 2.24) is 4.90 Å². The number of rotatable bonds is 3. The molecule has 0 N–H and O–H groups in total. The van der Waals surface area contributed by atoms with Crippen LogP contribution in [0.25, 0.3) is 0 Å². The Hall–Kier alpha value is -1.36. The van der Waals surface area contributed by atoms with Gasteiger partial charge in [-0.1, -0.05) is 30.3 Å². The lowest BCUT2D eigenvalue weighted by Crippen LogP contribution is -2.46. The van der Waals surface area contributed by atoms with Crippen LogP contribution in [0.4, 0.5) is 0 Å². The van der Waals surface area contributed by atoms with Gasteiger partial charge in [-0.15, -0.1) is 0 Å². The van der Waals surface area contributed by atoms with Crippen LogP contribution in [0, 0.1) is 0 Å². The molecule has 0 spiro atoms. The summed E-state index contributed by atoms with van der Waals surface area (Å²) in [6, 6.07) is 9.39. The van der Waals surface area contributed by atoms with E-state index in [9.17, 15) is 13.2 Å². The highest BCUT2D eigenvalue weighted by Crippen LogP contribution is 2.27. The van der Waals surface area contributed by atoms with Gasteiger partial charge in [-0.05, 0) is 25.8 Å². The Bertz CT molecular complexity index is 593. The molecule has 0 unspecified atom stereocenters. The number of nitrogens with zero attached hydrogens (tertiary/aromatic N) is 1. The Kier molecular flexibility index (Phi) is 3.91. The van der Waals surface area contributed by atoms with Crippen LogP contribution in [0.1, 0.15) is 25.8 Å². The normalized spacial score (nSPS) is 21.6. The number of carbonyl (C=O) groups excluding carboxylic acids is 1. The van der Waals surface area contributed by atoms with Crippen molar-refractivity contribution in [2.75, 3.05) is 18.6 Å². The van der Waals surface area contributed by atoms with Crippen LogP contribution < -0.4 is 0 Å². The third-order valence-corrected chi connectivity index (χ3v) is 5.86. The number of carbonyl (C=O) groups is 1. The number of benzene rings is 1. The van der Waals surface area contributed by atoms with Gasteiger partial charge in [0.2, 0.25) is 5.91 Å². The molecule has 0 saturated carbocycles. The van der Waals surface area contributed by atoms with E-state index in [0.717, 1.165) is 5.56 Å². The highest BCUT2D eigenvalue weighted by atomic mass is 32.2. The van der Waals surface area contributed by atoms with Gasteiger partial charge in [0.05, 0.1) is 16.9 Å². The fourth-order valence-corrected chi connectivity index (χ4v) is 4.44. The van der Waals surface area contributed by atoms with Gasteiger partial charge >= 0.3 is 0 Å². The zero-order valence-corrected chi connectivity index (χ0v) is 13.0. The molecule has 1 aromatic carbocycles. The van der Waals surface area contributed by atoms with E-state index in [1.807, 2.05) is 44.2 Å². The molecule has 0 aromatic heterocycles. The summed E-state index contributed by atoms with van der Waals surface area (Å²) >= 11 is 0. The molecule has 1 fully saturated rings. The van der Waals surface area contributed by atoms with E-state index in [1.165, 1.54) is 0 Å². The Morgan fingerprint density at radius 3 is 2.35 bits per heavy atom. The Morgan fingerprint density at radius 2 is 1.85 bits per heavy atom. The van der Waals surface area contributed by atoms with E-state index in [-0.39, 0.29) is 23.5 Å². The highest BCUT2D eigenvalue weighted by Gasteiger charge is 2.38. The van der Waals surface area contributed by atoms with Crippen molar-refractivity contribution in [1.29, 1.82) is 0 Å². The van der Waals surface area contributed by atoms with Gasteiger partial charge < -0.3 is 4.90 Å². The number of hydrogen-bond acceptors (Lipinski definition) is 3. The van der Waals surface area contributed by atoms with E-state index in [1.54, 1.807) is 11.9 Å². The van der Waals surface area contributed by atoms with Crippen LogP contribution >= 0.6 is 0 Å². The maximum Gasteiger partial charge on any atom is 0.232 e. The van der Waals surface area contributed by atoms with Gasteiger partial charge in [0.15, 0.2) is 9.84 Å². The first-order chi connectivity index (χ1) is 9.24. The largest absolute Gasteiger partial charge is 0.341 e. The molecule has 110 valence electrons. The topological polar surface area (TPSA) is 54.5 Å². The molecule has 4 nitrogen and oxygen atoms in total. The molecule has 0 bridgehead atoms. The average molecular weight is 295 g/mol. The summed E-state index contributed by atoms with van der Waals surface area (Å²) in [5.74, 6) is 0.229. The maximum absolute atomic E-state index is 12.7. The molecule has 20 heavy (non-hydrogen) atoms. The van der Waals surface area contributed by atoms with E-state index in [2.05, 4.69) is 0 Å². The first-order valence-corrected chi connectivity index (χ1v) is 8.59. The van der Waals surface area contributed by atoms with E-state index < -0.39 is 15.3 Å². The molecular weight excluding hydrogens is 274 g/mol. The van der Waals surface area contributed by atoms with Crippen molar-refractivity contribution in [3.63, 3.8) is 0 Å². The lowest BCUT2D eigenvalue weighted by molar-refractivity contribution is -0.136. The summed E-state index contributed by atoms with van der Waals surface area (Å²) in [6.07, 6.45) is 0.537. The summed E-state index contributed by atoms with van der Waals surface area (Å²) in [6.45, 7) is 3.76. The zero-order valence-electron chi connectivity index (χ0n) is 12.2. The molecule has 1 aliphatic heterocycles. The highest BCUT2D eigenvalue weighted by molar-refractivity contribution is 7.91. The van der Waals surface area contributed by atoms with Gasteiger partial charge in [0.25, 0.3) is 0 Å². The van der Waals surface area contributed by atoms with Crippen LogP contribution in [-0.2, 0) is 20.0 Å². The number of likely N-dealkylation sites (N-methyl/N-ethyl adjacent to an activating group) is 1. The van der Waals surface area contributed by atoms with Crippen LogP contribution in [-0.4, -0.2) is 43.8 Å². The molecule has 5 heteroatoms. The van der Waals surface area contributed by atoms with E-state index in [4.69, 9.17) is 0 Å². The van der Waals surface area contributed by atoms with Crippen molar-refractivity contribution in [3.05, 3.63) is 35.9 Å². The number of hydrogen-bond donors (Lipinski definition) is 0. The van der Waals surface area contributed by atoms with Crippen molar-refractivity contribution in [3.8, 4) is 0 Å².